The summed E-state index contributed by atoms with van der Waals surface area (Å²) in [6, 6.07) is 11.5. The monoisotopic (exact) mass is 336 g/mol. The first-order valence-corrected chi connectivity index (χ1v) is 8.46. The Morgan fingerprint density at radius 3 is 2.77 bits per heavy atom. The lowest BCUT2D eigenvalue weighted by Crippen LogP contribution is -2.13. The summed E-state index contributed by atoms with van der Waals surface area (Å²) < 4.78 is 32.4. The zero-order chi connectivity index (χ0) is 15.7. The number of nitrogens with zero attached hydrogens (tertiary/aromatic N) is 2. The van der Waals surface area contributed by atoms with Crippen LogP contribution < -0.4 is 4.74 Å². The van der Waals surface area contributed by atoms with Crippen molar-refractivity contribution >= 4 is 32.7 Å². The van der Waals surface area contributed by atoms with Crippen molar-refractivity contribution in [2.75, 3.05) is 6.61 Å². The molecule has 1 aromatic heterocycles. The summed E-state index contributed by atoms with van der Waals surface area (Å²) in [4.78, 5) is 4.18. The van der Waals surface area contributed by atoms with E-state index in [-0.39, 0.29) is 10.6 Å². The molecule has 0 radical (unpaired) electrons. The van der Waals surface area contributed by atoms with Crippen LogP contribution in [0.25, 0.3) is 11.0 Å². The van der Waals surface area contributed by atoms with Gasteiger partial charge < -0.3 is 4.74 Å². The number of fused-ring (bicyclic) bond motifs is 1. The number of para-hydroxylation sites is 2. The smallest absolute Gasteiger partial charge is 0.273 e. The van der Waals surface area contributed by atoms with Gasteiger partial charge in [-0.3, -0.25) is 0 Å². The minimum atomic E-state index is -3.82. The molecule has 5 nitrogen and oxygen atoms in total. The second-order valence-corrected chi connectivity index (χ2v) is 6.78. The van der Waals surface area contributed by atoms with Crippen molar-refractivity contribution in [1.29, 1.82) is 0 Å². The summed E-state index contributed by atoms with van der Waals surface area (Å²) in [6.07, 6.45) is 1.30. The second-order valence-electron chi connectivity index (χ2n) is 4.56. The van der Waals surface area contributed by atoms with E-state index in [2.05, 4.69) is 4.98 Å². The Labute approximate surface area is 133 Å². The van der Waals surface area contributed by atoms with Crippen molar-refractivity contribution in [3.05, 3.63) is 53.8 Å². The van der Waals surface area contributed by atoms with Crippen LogP contribution >= 0.6 is 11.6 Å². The molecule has 0 fully saturated rings. The molecule has 0 aliphatic carbocycles. The van der Waals surface area contributed by atoms with Gasteiger partial charge in [0.2, 0.25) is 0 Å². The number of hydrogen-bond donors (Lipinski definition) is 0. The van der Waals surface area contributed by atoms with E-state index < -0.39 is 10.0 Å². The lowest BCUT2D eigenvalue weighted by atomic mass is 10.3. The van der Waals surface area contributed by atoms with E-state index >= 15 is 0 Å². The van der Waals surface area contributed by atoms with Crippen molar-refractivity contribution in [3.63, 3.8) is 0 Å². The number of ether oxygens (including phenoxy) is 1. The molecule has 0 spiro atoms. The largest absolute Gasteiger partial charge is 0.492 e. The number of aromatic nitrogens is 2. The molecule has 0 atom stereocenters. The molecule has 3 aromatic rings. The van der Waals surface area contributed by atoms with Crippen LogP contribution in [0.3, 0.4) is 0 Å². The van der Waals surface area contributed by atoms with E-state index in [9.17, 15) is 8.42 Å². The lowest BCUT2D eigenvalue weighted by Gasteiger charge is -2.12. The third kappa shape index (κ3) is 2.44. The van der Waals surface area contributed by atoms with Crippen LogP contribution in [-0.2, 0) is 10.0 Å². The van der Waals surface area contributed by atoms with Crippen LogP contribution in [0.2, 0.25) is 5.02 Å². The van der Waals surface area contributed by atoms with Crippen molar-refractivity contribution in [1.82, 2.24) is 8.96 Å². The predicted octanol–water partition coefficient (Wildman–Crippen LogP) is 3.33. The van der Waals surface area contributed by atoms with E-state index in [0.717, 1.165) is 3.97 Å². The topological polar surface area (TPSA) is 61.2 Å². The van der Waals surface area contributed by atoms with Gasteiger partial charge in [-0.25, -0.2) is 17.4 Å². The summed E-state index contributed by atoms with van der Waals surface area (Å²) >= 11 is 5.93. The van der Waals surface area contributed by atoms with E-state index in [1.54, 1.807) is 31.2 Å². The van der Waals surface area contributed by atoms with Gasteiger partial charge in [-0.15, -0.1) is 0 Å². The molecule has 0 saturated heterocycles. The quantitative estimate of drug-likeness (QED) is 0.733. The third-order valence-corrected chi connectivity index (χ3v) is 5.10. The van der Waals surface area contributed by atoms with Gasteiger partial charge in [0.25, 0.3) is 10.0 Å². The second kappa shape index (κ2) is 5.62. The van der Waals surface area contributed by atoms with Gasteiger partial charge in [-0.05, 0) is 31.2 Å². The molecule has 0 unspecified atom stereocenters. The number of hydrogen-bond acceptors (Lipinski definition) is 4. The maximum absolute atomic E-state index is 12.9. The molecule has 0 N–H and O–H groups in total. The molecule has 22 heavy (non-hydrogen) atoms. The maximum Gasteiger partial charge on any atom is 0.273 e. The summed E-state index contributed by atoms with van der Waals surface area (Å²) in [5.74, 6) is 0.229. The van der Waals surface area contributed by atoms with Gasteiger partial charge in [0.05, 0.1) is 17.6 Å². The summed E-state index contributed by atoms with van der Waals surface area (Å²) in [5, 5.41) is 0.415. The van der Waals surface area contributed by atoms with Gasteiger partial charge in [0, 0.05) is 11.1 Å². The Balaban J connectivity index is 2.22. The minimum Gasteiger partial charge on any atom is -0.492 e. The van der Waals surface area contributed by atoms with Gasteiger partial charge in [0.1, 0.15) is 17.0 Å². The average Bonchev–Trinajstić information content (AvgIpc) is 2.92. The SMILES string of the molecule is CCOc1cc(Cl)ccc1S(=O)(=O)n1cnc2ccccc21. The molecule has 0 aliphatic rings. The van der Waals surface area contributed by atoms with Crippen LogP contribution in [0, 0.1) is 0 Å². The van der Waals surface area contributed by atoms with Crippen LogP contribution in [-0.4, -0.2) is 24.0 Å². The third-order valence-electron chi connectivity index (χ3n) is 3.16. The van der Waals surface area contributed by atoms with E-state index in [1.165, 1.54) is 24.5 Å². The predicted molar refractivity (Wildman–Crippen MR) is 84.9 cm³/mol. The molecular weight excluding hydrogens is 324 g/mol. The van der Waals surface area contributed by atoms with E-state index in [4.69, 9.17) is 16.3 Å². The first kappa shape index (κ1) is 14.9. The molecule has 0 aliphatic heterocycles. The molecule has 1 heterocycles. The fourth-order valence-electron chi connectivity index (χ4n) is 2.20. The molecule has 0 amide bonds. The van der Waals surface area contributed by atoms with Crippen LogP contribution in [0.4, 0.5) is 0 Å². The van der Waals surface area contributed by atoms with Crippen molar-refractivity contribution in [3.8, 4) is 5.75 Å². The highest BCUT2D eigenvalue weighted by Crippen LogP contribution is 2.30. The normalized spacial score (nSPS) is 11.7. The van der Waals surface area contributed by atoms with Gasteiger partial charge in [-0.1, -0.05) is 23.7 Å². The molecule has 114 valence electrons. The Morgan fingerprint density at radius 2 is 2.00 bits per heavy atom. The first-order chi connectivity index (χ1) is 10.5. The molecule has 7 heteroatoms. The zero-order valence-corrected chi connectivity index (χ0v) is 13.3. The minimum absolute atomic E-state index is 0.0573. The molecular formula is C15H13ClN2O3S. The van der Waals surface area contributed by atoms with E-state index in [0.29, 0.717) is 22.7 Å². The highest BCUT2D eigenvalue weighted by Gasteiger charge is 2.24. The van der Waals surface area contributed by atoms with Crippen molar-refractivity contribution < 1.29 is 13.2 Å². The number of rotatable bonds is 4. The Morgan fingerprint density at radius 1 is 1.23 bits per heavy atom. The average molecular weight is 337 g/mol. The first-order valence-electron chi connectivity index (χ1n) is 6.64. The van der Waals surface area contributed by atoms with Crippen LogP contribution in [0.5, 0.6) is 5.75 Å². The Hall–Kier alpha value is -2.05. The van der Waals surface area contributed by atoms with Crippen molar-refractivity contribution in [2.24, 2.45) is 0 Å². The standard InChI is InChI=1S/C15H13ClN2O3S/c1-2-21-14-9-11(16)7-8-15(14)22(19,20)18-10-17-12-5-3-4-6-13(12)18/h3-10H,2H2,1H3. The number of imidazole rings is 1. The maximum atomic E-state index is 12.9. The Bertz CT molecular complexity index is 935. The van der Waals surface area contributed by atoms with Gasteiger partial charge in [0.15, 0.2) is 0 Å². The zero-order valence-electron chi connectivity index (χ0n) is 11.7. The fourth-order valence-corrected chi connectivity index (χ4v) is 3.77. The van der Waals surface area contributed by atoms with Crippen LogP contribution in [0.15, 0.2) is 53.7 Å². The lowest BCUT2D eigenvalue weighted by molar-refractivity contribution is 0.331. The van der Waals surface area contributed by atoms with Gasteiger partial charge >= 0.3 is 0 Å². The highest BCUT2D eigenvalue weighted by atomic mass is 35.5. The number of halogens is 1. The van der Waals surface area contributed by atoms with Crippen molar-refractivity contribution in [2.45, 2.75) is 11.8 Å². The molecule has 0 saturated carbocycles. The molecule has 0 bridgehead atoms. The summed E-state index contributed by atoms with van der Waals surface area (Å²) in [5.41, 5.74) is 1.12. The summed E-state index contributed by atoms with van der Waals surface area (Å²) in [6.45, 7) is 2.12. The van der Waals surface area contributed by atoms with Crippen LogP contribution in [0.1, 0.15) is 6.92 Å². The van der Waals surface area contributed by atoms with E-state index in [1.807, 2.05) is 0 Å². The van der Waals surface area contributed by atoms with Gasteiger partial charge in [-0.2, -0.15) is 0 Å². The number of benzene rings is 2. The molecule has 2 aromatic carbocycles. The molecule has 3 rings (SSSR count). The Kier molecular flexibility index (Phi) is 3.80. The highest BCUT2D eigenvalue weighted by molar-refractivity contribution is 7.90. The summed E-state index contributed by atoms with van der Waals surface area (Å²) in [7, 11) is -3.82. The fraction of sp³-hybridized carbons (Fsp3) is 0.133.